The van der Waals surface area contributed by atoms with Gasteiger partial charge in [0.1, 0.15) is 23.0 Å². The summed E-state index contributed by atoms with van der Waals surface area (Å²) < 4.78 is 15.1. The van der Waals surface area contributed by atoms with Gasteiger partial charge < -0.3 is 19.3 Å². The summed E-state index contributed by atoms with van der Waals surface area (Å²) in [5.74, 6) is -1.87. The largest absolute Gasteiger partial charge is 0.508 e. The first kappa shape index (κ1) is 21.6. The molecular weight excluding hydrogens is 380 g/mol. The predicted octanol–water partition coefficient (Wildman–Crippen LogP) is 2.98. The van der Waals surface area contributed by atoms with Crippen molar-refractivity contribution in [1.82, 2.24) is 0 Å². The van der Waals surface area contributed by atoms with E-state index < -0.39 is 17.9 Å². The second-order valence-corrected chi connectivity index (χ2v) is 6.15. The van der Waals surface area contributed by atoms with E-state index in [1.54, 1.807) is 6.07 Å². The Hall–Kier alpha value is -3.68. The molecule has 0 radical (unpaired) electrons. The van der Waals surface area contributed by atoms with Crippen molar-refractivity contribution in [2.24, 2.45) is 0 Å². The molecule has 8 nitrogen and oxygen atoms in total. The van der Waals surface area contributed by atoms with Crippen LogP contribution in [-0.4, -0.2) is 28.8 Å². The second-order valence-electron chi connectivity index (χ2n) is 6.15. The van der Waals surface area contributed by atoms with Crippen LogP contribution in [0, 0.1) is 0 Å². The highest BCUT2D eigenvalue weighted by atomic mass is 16.5. The monoisotopic (exact) mass is 400 g/mol. The summed E-state index contributed by atoms with van der Waals surface area (Å²) >= 11 is 0. The van der Waals surface area contributed by atoms with Gasteiger partial charge in [-0.05, 0) is 30.2 Å². The van der Waals surface area contributed by atoms with Gasteiger partial charge in [-0.1, -0.05) is 6.07 Å². The van der Waals surface area contributed by atoms with Gasteiger partial charge in [0.25, 0.3) is 0 Å². The van der Waals surface area contributed by atoms with Crippen molar-refractivity contribution in [3.8, 4) is 23.0 Å². The van der Waals surface area contributed by atoms with Crippen LogP contribution in [0.5, 0.6) is 23.0 Å². The van der Waals surface area contributed by atoms with E-state index in [-0.39, 0.29) is 47.2 Å². The number of Topliss-reactive ketones (excluding diaryl/α,β-unsaturated/α-hetero) is 1. The number of phenolic OH excluding ortho intramolecular Hbond substituents is 1. The SMILES string of the molecule is CC(=O)Oc1ccc(C(=O)CCc2ccc(O)cc2OC(C)=O)c(OC(C)=O)c1. The summed E-state index contributed by atoms with van der Waals surface area (Å²) in [6.07, 6.45) is 0.229. The summed E-state index contributed by atoms with van der Waals surface area (Å²) in [5.41, 5.74) is 0.695. The average Bonchev–Trinajstić information content (AvgIpc) is 2.59. The first-order valence-electron chi connectivity index (χ1n) is 8.70. The van der Waals surface area contributed by atoms with Gasteiger partial charge in [-0.25, -0.2) is 0 Å². The van der Waals surface area contributed by atoms with Crippen LogP contribution >= 0.6 is 0 Å². The maximum atomic E-state index is 12.7. The van der Waals surface area contributed by atoms with Crippen molar-refractivity contribution >= 4 is 23.7 Å². The minimum atomic E-state index is -0.630. The van der Waals surface area contributed by atoms with Crippen LogP contribution in [0.25, 0.3) is 0 Å². The molecule has 0 aliphatic heterocycles. The zero-order valence-electron chi connectivity index (χ0n) is 16.2. The number of benzene rings is 2. The smallest absolute Gasteiger partial charge is 0.308 e. The summed E-state index contributed by atoms with van der Waals surface area (Å²) in [6.45, 7) is 3.65. The third-order valence-electron chi connectivity index (χ3n) is 3.69. The van der Waals surface area contributed by atoms with E-state index in [0.717, 1.165) is 0 Å². The number of aromatic hydroxyl groups is 1. The van der Waals surface area contributed by atoms with Crippen LogP contribution in [0.1, 0.15) is 43.1 Å². The van der Waals surface area contributed by atoms with Crippen molar-refractivity contribution in [3.05, 3.63) is 47.5 Å². The van der Waals surface area contributed by atoms with Gasteiger partial charge >= 0.3 is 17.9 Å². The zero-order chi connectivity index (χ0) is 21.6. The quantitative estimate of drug-likeness (QED) is 0.428. The van der Waals surface area contributed by atoms with Gasteiger partial charge in [0, 0.05) is 39.3 Å². The fourth-order valence-electron chi connectivity index (χ4n) is 2.58. The van der Waals surface area contributed by atoms with Gasteiger partial charge in [-0.3, -0.25) is 19.2 Å². The number of aryl methyl sites for hydroxylation is 1. The van der Waals surface area contributed by atoms with Crippen LogP contribution in [0.4, 0.5) is 0 Å². The van der Waals surface area contributed by atoms with Crippen LogP contribution in [0.15, 0.2) is 36.4 Å². The molecule has 0 aromatic heterocycles. The Kier molecular flexibility index (Phi) is 7.08. The molecule has 0 bridgehead atoms. The highest BCUT2D eigenvalue weighted by molar-refractivity contribution is 5.99. The number of hydrogen-bond donors (Lipinski definition) is 1. The minimum Gasteiger partial charge on any atom is -0.508 e. The summed E-state index contributed by atoms with van der Waals surface area (Å²) in [4.78, 5) is 46.4. The summed E-state index contributed by atoms with van der Waals surface area (Å²) in [6, 6.07) is 8.39. The van der Waals surface area contributed by atoms with Crippen molar-refractivity contribution in [1.29, 1.82) is 0 Å². The molecule has 0 aliphatic rings. The predicted molar refractivity (Wildman–Crippen MR) is 101 cm³/mol. The first-order valence-corrected chi connectivity index (χ1v) is 8.70. The van der Waals surface area contributed by atoms with Gasteiger partial charge in [0.15, 0.2) is 5.78 Å². The van der Waals surface area contributed by atoms with E-state index in [4.69, 9.17) is 14.2 Å². The number of ketones is 1. The number of phenols is 1. The van der Waals surface area contributed by atoms with Crippen molar-refractivity contribution in [2.75, 3.05) is 0 Å². The van der Waals surface area contributed by atoms with E-state index in [1.165, 1.54) is 51.1 Å². The van der Waals surface area contributed by atoms with Gasteiger partial charge in [0.2, 0.25) is 0 Å². The van der Waals surface area contributed by atoms with E-state index in [0.29, 0.717) is 5.56 Å². The second kappa shape index (κ2) is 9.50. The molecule has 2 aromatic carbocycles. The van der Waals surface area contributed by atoms with Crippen LogP contribution < -0.4 is 14.2 Å². The third kappa shape index (κ3) is 6.46. The van der Waals surface area contributed by atoms with Crippen molar-refractivity contribution < 1.29 is 38.5 Å². The number of carbonyl (C=O) groups excluding carboxylic acids is 4. The van der Waals surface area contributed by atoms with E-state index in [9.17, 15) is 24.3 Å². The maximum absolute atomic E-state index is 12.7. The lowest BCUT2D eigenvalue weighted by molar-refractivity contribution is -0.133. The molecule has 0 heterocycles. The standard InChI is InChI=1S/C21H20O8/c1-12(22)27-17-7-8-18(21(11-17)29-14(3)24)19(26)9-5-15-4-6-16(25)10-20(15)28-13(2)23/h4,6-8,10-11,25H,5,9H2,1-3H3. The number of rotatable bonds is 7. The molecule has 152 valence electrons. The van der Waals surface area contributed by atoms with Gasteiger partial charge in [-0.15, -0.1) is 0 Å². The molecule has 2 aromatic rings. The number of ether oxygens (including phenoxy) is 3. The van der Waals surface area contributed by atoms with E-state index >= 15 is 0 Å². The molecule has 0 amide bonds. The normalized spacial score (nSPS) is 10.2. The topological polar surface area (TPSA) is 116 Å². The highest BCUT2D eigenvalue weighted by Crippen LogP contribution is 2.29. The molecule has 0 atom stereocenters. The first-order chi connectivity index (χ1) is 13.7. The fraction of sp³-hybridized carbons (Fsp3) is 0.238. The van der Waals surface area contributed by atoms with Crippen molar-refractivity contribution in [2.45, 2.75) is 33.6 Å². The van der Waals surface area contributed by atoms with Gasteiger partial charge in [0.05, 0.1) is 5.56 Å². The molecule has 0 spiro atoms. The Morgan fingerprint density at radius 2 is 1.41 bits per heavy atom. The Morgan fingerprint density at radius 3 is 2.03 bits per heavy atom. The van der Waals surface area contributed by atoms with Gasteiger partial charge in [-0.2, -0.15) is 0 Å². The van der Waals surface area contributed by atoms with Crippen LogP contribution in [0.2, 0.25) is 0 Å². The Morgan fingerprint density at radius 1 is 0.793 bits per heavy atom. The Bertz CT molecular complexity index is 961. The lowest BCUT2D eigenvalue weighted by Crippen LogP contribution is -2.10. The minimum absolute atomic E-state index is 0.0141. The summed E-state index contributed by atoms with van der Waals surface area (Å²) in [5, 5.41) is 9.57. The summed E-state index contributed by atoms with van der Waals surface area (Å²) in [7, 11) is 0. The number of esters is 3. The molecule has 0 fully saturated rings. The molecule has 29 heavy (non-hydrogen) atoms. The number of hydrogen-bond acceptors (Lipinski definition) is 8. The maximum Gasteiger partial charge on any atom is 0.308 e. The molecule has 0 saturated carbocycles. The van der Waals surface area contributed by atoms with E-state index in [2.05, 4.69) is 0 Å². The lowest BCUT2D eigenvalue weighted by Gasteiger charge is -2.12. The molecule has 0 unspecified atom stereocenters. The molecule has 2 rings (SSSR count). The highest BCUT2D eigenvalue weighted by Gasteiger charge is 2.17. The lowest BCUT2D eigenvalue weighted by atomic mass is 10.0. The molecule has 8 heteroatoms. The fourth-order valence-corrected chi connectivity index (χ4v) is 2.58. The molecule has 0 saturated heterocycles. The Labute approximate surface area is 167 Å². The van der Waals surface area contributed by atoms with Crippen LogP contribution in [0.3, 0.4) is 0 Å². The van der Waals surface area contributed by atoms with E-state index in [1.807, 2.05) is 0 Å². The Balaban J connectivity index is 2.23. The average molecular weight is 400 g/mol. The van der Waals surface area contributed by atoms with Crippen LogP contribution in [-0.2, 0) is 20.8 Å². The molecular formula is C21H20O8. The van der Waals surface area contributed by atoms with Crippen molar-refractivity contribution in [3.63, 3.8) is 0 Å². The molecule has 0 aliphatic carbocycles. The molecule has 1 N–H and O–H groups in total. The third-order valence-corrected chi connectivity index (χ3v) is 3.69. The zero-order valence-corrected chi connectivity index (χ0v) is 16.2. The number of carbonyl (C=O) groups is 4.